The first kappa shape index (κ1) is 13.5. The van der Waals surface area contributed by atoms with E-state index in [1.807, 2.05) is 48.8 Å². The van der Waals surface area contributed by atoms with Crippen molar-refractivity contribution in [2.24, 2.45) is 0 Å². The molecular formula is C15H17NO3. The zero-order valence-corrected chi connectivity index (χ0v) is 10.9. The van der Waals surface area contributed by atoms with Gasteiger partial charge in [0.2, 0.25) is 0 Å². The second-order valence-corrected chi connectivity index (χ2v) is 4.35. The Bertz CT molecular complexity index is 569. The zero-order chi connectivity index (χ0) is 13.8. The lowest BCUT2D eigenvalue weighted by Crippen LogP contribution is -2.17. The summed E-state index contributed by atoms with van der Waals surface area (Å²) in [7, 11) is 1.61. The van der Waals surface area contributed by atoms with Crippen LogP contribution in [0.2, 0.25) is 0 Å². The van der Waals surface area contributed by atoms with Crippen molar-refractivity contribution in [3.05, 3.63) is 53.6 Å². The van der Waals surface area contributed by atoms with Crippen LogP contribution in [0.3, 0.4) is 0 Å². The molecule has 3 N–H and O–H groups in total. The molecule has 0 amide bonds. The molecule has 0 fully saturated rings. The van der Waals surface area contributed by atoms with E-state index in [0.717, 1.165) is 22.4 Å². The van der Waals surface area contributed by atoms with Crippen molar-refractivity contribution in [2.45, 2.75) is 13.2 Å². The topological polar surface area (TPSA) is 61.7 Å². The number of aliphatic hydroxyl groups is 1. The van der Waals surface area contributed by atoms with E-state index in [1.54, 1.807) is 13.2 Å². The molecule has 0 bridgehead atoms. The van der Waals surface area contributed by atoms with Crippen molar-refractivity contribution in [1.82, 2.24) is 5.48 Å². The quantitative estimate of drug-likeness (QED) is 0.583. The van der Waals surface area contributed by atoms with Gasteiger partial charge in [-0.05, 0) is 30.2 Å². The third-order valence-electron chi connectivity index (χ3n) is 3.01. The Morgan fingerprint density at radius 1 is 1.16 bits per heavy atom. The van der Waals surface area contributed by atoms with E-state index < -0.39 is 6.23 Å². The van der Waals surface area contributed by atoms with Crippen molar-refractivity contribution < 1.29 is 15.1 Å². The van der Waals surface area contributed by atoms with Crippen LogP contribution >= 0.6 is 0 Å². The number of hydrogen-bond acceptors (Lipinski definition) is 4. The Morgan fingerprint density at radius 3 is 2.63 bits per heavy atom. The minimum Gasteiger partial charge on any atom is -0.497 e. The molecule has 0 aromatic heterocycles. The Balaban J connectivity index is 2.55. The molecule has 2 rings (SSSR count). The van der Waals surface area contributed by atoms with E-state index in [0.29, 0.717) is 5.56 Å². The Morgan fingerprint density at radius 2 is 1.95 bits per heavy atom. The first-order chi connectivity index (χ1) is 9.15. The molecule has 0 saturated heterocycles. The Labute approximate surface area is 112 Å². The second-order valence-electron chi connectivity index (χ2n) is 4.35. The highest BCUT2D eigenvalue weighted by atomic mass is 16.5. The molecule has 2 aromatic rings. The minimum atomic E-state index is -1.12. The number of methoxy groups -OCH3 is 1. The average Bonchev–Trinajstić information content (AvgIpc) is 2.46. The third kappa shape index (κ3) is 2.93. The van der Waals surface area contributed by atoms with Crippen LogP contribution in [0.15, 0.2) is 42.5 Å². The Kier molecular flexibility index (Phi) is 4.16. The number of ether oxygens (including phenoxy) is 1. The standard InChI is InChI=1S/C15H17NO3/c1-10-6-7-13(15(17)16-18)14(8-10)11-4-3-5-12(9-11)19-2/h3-9,15-18H,1-2H3. The molecule has 0 heterocycles. The highest BCUT2D eigenvalue weighted by Crippen LogP contribution is 2.30. The summed E-state index contributed by atoms with van der Waals surface area (Å²) in [6, 6.07) is 13.2. The summed E-state index contributed by atoms with van der Waals surface area (Å²) in [5, 5.41) is 18.7. The number of aryl methyl sites for hydroxylation is 1. The molecule has 100 valence electrons. The van der Waals surface area contributed by atoms with E-state index in [9.17, 15) is 5.11 Å². The van der Waals surface area contributed by atoms with Crippen LogP contribution in [0.1, 0.15) is 17.4 Å². The van der Waals surface area contributed by atoms with Gasteiger partial charge in [0.25, 0.3) is 0 Å². The molecule has 0 aliphatic heterocycles. The van der Waals surface area contributed by atoms with Crippen LogP contribution in [-0.2, 0) is 0 Å². The van der Waals surface area contributed by atoms with Gasteiger partial charge in [-0.25, -0.2) is 0 Å². The molecule has 4 heteroatoms. The third-order valence-corrected chi connectivity index (χ3v) is 3.01. The lowest BCUT2D eigenvalue weighted by Gasteiger charge is -2.15. The smallest absolute Gasteiger partial charge is 0.153 e. The summed E-state index contributed by atoms with van der Waals surface area (Å²) in [5.41, 5.74) is 5.33. The fraction of sp³-hybridized carbons (Fsp3) is 0.200. The molecule has 0 aliphatic rings. The van der Waals surface area contributed by atoms with E-state index in [-0.39, 0.29) is 0 Å². The molecule has 19 heavy (non-hydrogen) atoms. The predicted octanol–water partition coefficient (Wildman–Crippen LogP) is 2.64. The molecule has 1 unspecified atom stereocenters. The molecule has 0 spiro atoms. The molecule has 0 saturated carbocycles. The lowest BCUT2D eigenvalue weighted by molar-refractivity contribution is 0.00103. The fourth-order valence-electron chi connectivity index (χ4n) is 2.02. The summed E-state index contributed by atoms with van der Waals surface area (Å²) in [6.45, 7) is 1.98. The van der Waals surface area contributed by atoms with Crippen molar-refractivity contribution in [3.8, 4) is 16.9 Å². The number of benzene rings is 2. The minimum absolute atomic E-state index is 0.612. The average molecular weight is 259 g/mol. The van der Waals surface area contributed by atoms with Gasteiger partial charge in [0, 0.05) is 5.56 Å². The zero-order valence-electron chi connectivity index (χ0n) is 10.9. The summed E-state index contributed by atoms with van der Waals surface area (Å²) in [5.74, 6) is 0.747. The number of rotatable bonds is 4. The maximum atomic E-state index is 9.80. The van der Waals surface area contributed by atoms with Crippen LogP contribution in [0.25, 0.3) is 11.1 Å². The number of hydrogen-bond donors (Lipinski definition) is 3. The molecule has 2 aromatic carbocycles. The highest BCUT2D eigenvalue weighted by Gasteiger charge is 2.13. The van der Waals surface area contributed by atoms with Crippen LogP contribution in [-0.4, -0.2) is 17.4 Å². The van der Waals surface area contributed by atoms with Gasteiger partial charge in [-0.3, -0.25) is 0 Å². The normalized spacial score (nSPS) is 12.2. The first-order valence-corrected chi connectivity index (χ1v) is 5.98. The molecule has 0 radical (unpaired) electrons. The number of aliphatic hydroxyl groups excluding tert-OH is 1. The van der Waals surface area contributed by atoms with Crippen LogP contribution < -0.4 is 10.2 Å². The van der Waals surface area contributed by atoms with Crippen LogP contribution in [0.4, 0.5) is 0 Å². The first-order valence-electron chi connectivity index (χ1n) is 5.98. The number of nitrogens with one attached hydrogen (secondary N) is 1. The van der Waals surface area contributed by atoms with Gasteiger partial charge in [0.15, 0.2) is 6.23 Å². The highest BCUT2D eigenvalue weighted by molar-refractivity contribution is 5.69. The maximum Gasteiger partial charge on any atom is 0.153 e. The fourth-order valence-corrected chi connectivity index (χ4v) is 2.02. The van der Waals surface area contributed by atoms with Crippen LogP contribution in [0.5, 0.6) is 5.75 Å². The van der Waals surface area contributed by atoms with Crippen LogP contribution in [0, 0.1) is 6.92 Å². The molecule has 0 aliphatic carbocycles. The van der Waals surface area contributed by atoms with E-state index in [1.165, 1.54) is 0 Å². The van der Waals surface area contributed by atoms with E-state index >= 15 is 0 Å². The second kappa shape index (κ2) is 5.84. The van der Waals surface area contributed by atoms with Crippen molar-refractivity contribution in [3.63, 3.8) is 0 Å². The van der Waals surface area contributed by atoms with Gasteiger partial charge in [0.1, 0.15) is 5.75 Å². The monoisotopic (exact) mass is 259 g/mol. The van der Waals surface area contributed by atoms with Gasteiger partial charge in [0.05, 0.1) is 7.11 Å². The summed E-state index contributed by atoms with van der Waals surface area (Å²) >= 11 is 0. The van der Waals surface area contributed by atoms with Crippen molar-refractivity contribution in [2.75, 3.05) is 7.11 Å². The van der Waals surface area contributed by atoms with Crippen molar-refractivity contribution in [1.29, 1.82) is 0 Å². The van der Waals surface area contributed by atoms with E-state index in [4.69, 9.17) is 9.94 Å². The summed E-state index contributed by atoms with van der Waals surface area (Å²) in [6.07, 6.45) is -1.12. The predicted molar refractivity (Wildman–Crippen MR) is 73.0 cm³/mol. The van der Waals surface area contributed by atoms with E-state index in [2.05, 4.69) is 0 Å². The van der Waals surface area contributed by atoms with Crippen molar-refractivity contribution >= 4 is 0 Å². The molecule has 1 atom stereocenters. The molecular weight excluding hydrogens is 242 g/mol. The van der Waals surface area contributed by atoms with Gasteiger partial charge in [-0.2, -0.15) is 5.48 Å². The van der Waals surface area contributed by atoms with Gasteiger partial charge in [-0.1, -0.05) is 35.9 Å². The summed E-state index contributed by atoms with van der Waals surface area (Å²) < 4.78 is 5.21. The SMILES string of the molecule is COc1cccc(-c2cc(C)ccc2C(O)NO)c1. The van der Waals surface area contributed by atoms with Gasteiger partial charge in [-0.15, -0.1) is 0 Å². The maximum absolute atomic E-state index is 9.80. The molecule has 4 nitrogen and oxygen atoms in total. The van der Waals surface area contributed by atoms with Gasteiger partial charge >= 0.3 is 0 Å². The summed E-state index contributed by atoms with van der Waals surface area (Å²) in [4.78, 5) is 0. The Hall–Kier alpha value is -1.88. The largest absolute Gasteiger partial charge is 0.497 e. The number of hydroxylamine groups is 1. The lowest BCUT2D eigenvalue weighted by atomic mass is 9.96. The van der Waals surface area contributed by atoms with Gasteiger partial charge < -0.3 is 15.1 Å².